The highest BCUT2D eigenvalue weighted by atomic mass is 32.2. The van der Waals surface area contributed by atoms with Gasteiger partial charge in [0.25, 0.3) is 0 Å². The lowest BCUT2D eigenvalue weighted by Crippen LogP contribution is -1.95. The monoisotopic (exact) mass is 220 g/mol. The summed E-state index contributed by atoms with van der Waals surface area (Å²) in [6.07, 6.45) is 7.46. The van der Waals surface area contributed by atoms with Crippen LogP contribution < -0.4 is 4.74 Å². The molecule has 0 amide bonds. The van der Waals surface area contributed by atoms with E-state index in [1.165, 1.54) is 4.90 Å². The van der Waals surface area contributed by atoms with Crippen molar-refractivity contribution in [3.63, 3.8) is 0 Å². The Morgan fingerprint density at radius 3 is 2.67 bits per heavy atom. The first kappa shape index (κ1) is 12.0. The molecule has 0 N–H and O–H groups in total. The van der Waals surface area contributed by atoms with Crippen molar-refractivity contribution in [2.45, 2.75) is 24.7 Å². The van der Waals surface area contributed by atoms with Gasteiger partial charge in [-0.3, -0.25) is 0 Å². The molecule has 0 heterocycles. The molecule has 0 aliphatic rings. The van der Waals surface area contributed by atoms with Crippen molar-refractivity contribution < 1.29 is 4.74 Å². The lowest BCUT2D eigenvalue weighted by molar-refractivity contribution is 0.309. The van der Waals surface area contributed by atoms with Crippen LogP contribution in [0.3, 0.4) is 0 Å². The fourth-order valence-corrected chi connectivity index (χ4v) is 1.67. The molecule has 0 atom stereocenters. The molecule has 2 heteroatoms. The summed E-state index contributed by atoms with van der Waals surface area (Å²) in [6.45, 7) is 2.95. The minimum atomic E-state index is 0.718. The zero-order valence-corrected chi connectivity index (χ0v) is 9.85. The van der Waals surface area contributed by atoms with Gasteiger partial charge in [0, 0.05) is 4.90 Å². The van der Waals surface area contributed by atoms with E-state index in [1.807, 2.05) is 24.3 Å². The van der Waals surface area contributed by atoms with E-state index in [2.05, 4.69) is 12.8 Å². The van der Waals surface area contributed by atoms with Crippen molar-refractivity contribution in [2.75, 3.05) is 12.4 Å². The van der Waals surface area contributed by atoms with Gasteiger partial charge < -0.3 is 4.74 Å². The van der Waals surface area contributed by atoms with Crippen LogP contribution in [-0.4, -0.2) is 12.4 Å². The fraction of sp³-hybridized carbons (Fsp3) is 0.385. The topological polar surface area (TPSA) is 9.23 Å². The summed E-state index contributed by atoms with van der Waals surface area (Å²) < 4.78 is 5.56. The smallest absolute Gasteiger partial charge is 0.119 e. The number of thioether (sulfide) groups is 1. The van der Waals surface area contributed by atoms with E-state index >= 15 is 0 Å². The molecular formula is C13H16OS. The molecule has 0 aliphatic heterocycles. The maximum Gasteiger partial charge on any atom is 0.119 e. The van der Waals surface area contributed by atoms with Crippen molar-refractivity contribution in [3.8, 4) is 18.1 Å². The molecule has 0 radical (unpaired) electrons. The van der Waals surface area contributed by atoms with Crippen molar-refractivity contribution in [1.82, 2.24) is 0 Å². The molecule has 0 unspecified atom stereocenters. The lowest BCUT2D eigenvalue weighted by Gasteiger charge is -2.05. The molecule has 0 aliphatic carbocycles. The highest BCUT2D eigenvalue weighted by Crippen LogP contribution is 2.20. The SMILES string of the molecule is C#CCSc1ccc(OCCCC)cc1. The molecule has 1 aromatic carbocycles. The Hall–Kier alpha value is -1.07. The van der Waals surface area contributed by atoms with Gasteiger partial charge in [-0.1, -0.05) is 19.3 Å². The number of ether oxygens (including phenoxy) is 1. The third-order valence-corrected chi connectivity index (χ3v) is 2.83. The van der Waals surface area contributed by atoms with Gasteiger partial charge in [-0.2, -0.15) is 0 Å². The van der Waals surface area contributed by atoms with E-state index in [0.29, 0.717) is 0 Å². The Labute approximate surface area is 96.2 Å². The first-order valence-corrected chi connectivity index (χ1v) is 6.14. The second kappa shape index (κ2) is 7.25. The Kier molecular flexibility index (Phi) is 5.80. The molecular weight excluding hydrogens is 204 g/mol. The van der Waals surface area contributed by atoms with Crippen LogP contribution in [0.2, 0.25) is 0 Å². The van der Waals surface area contributed by atoms with Crippen molar-refractivity contribution >= 4 is 11.8 Å². The van der Waals surface area contributed by atoms with Crippen LogP contribution in [0.4, 0.5) is 0 Å². The van der Waals surface area contributed by atoms with E-state index in [1.54, 1.807) is 11.8 Å². The van der Waals surface area contributed by atoms with Crippen LogP contribution >= 0.6 is 11.8 Å². The van der Waals surface area contributed by atoms with Gasteiger partial charge in [0.1, 0.15) is 5.75 Å². The van der Waals surface area contributed by atoms with E-state index < -0.39 is 0 Å². The summed E-state index contributed by atoms with van der Waals surface area (Å²) in [5.41, 5.74) is 0. The van der Waals surface area contributed by atoms with Crippen LogP contribution in [0.25, 0.3) is 0 Å². The highest BCUT2D eigenvalue weighted by molar-refractivity contribution is 7.99. The molecule has 0 fully saturated rings. The maximum absolute atomic E-state index is 5.56. The van der Waals surface area contributed by atoms with E-state index in [4.69, 9.17) is 11.2 Å². The number of hydrogen-bond donors (Lipinski definition) is 0. The largest absolute Gasteiger partial charge is 0.494 e. The number of terminal acetylenes is 1. The van der Waals surface area contributed by atoms with Gasteiger partial charge in [0.05, 0.1) is 12.4 Å². The summed E-state index contributed by atoms with van der Waals surface area (Å²) in [5, 5.41) is 0. The third kappa shape index (κ3) is 4.80. The van der Waals surface area contributed by atoms with Crippen molar-refractivity contribution in [3.05, 3.63) is 24.3 Å². The number of rotatable bonds is 6. The number of unbranched alkanes of at least 4 members (excludes halogenated alkanes) is 1. The quantitative estimate of drug-likeness (QED) is 0.411. The van der Waals surface area contributed by atoms with E-state index in [-0.39, 0.29) is 0 Å². The summed E-state index contributed by atoms with van der Waals surface area (Å²) >= 11 is 1.67. The zero-order chi connectivity index (χ0) is 10.9. The molecule has 0 aromatic heterocycles. The Balaban J connectivity index is 2.39. The first-order chi connectivity index (χ1) is 7.36. The normalized spacial score (nSPS) is 9.60. The number of benzene rings is 1. The molecule has 1 nitrogen and oxygen atoms in total. The molecule has 0 saturated heterocycles. The van der Waals surface area contributed by atoms with Gasteiger partial charge in [0.15, 0.2) is 0 Å². The van der Waals surface area contributed by atoms with Crippen molar-refractivity contribution in [2.24, 2.45) is 0 Å². The molecule has 15 heavy (non-hydrogen) atoms. The van der Waals surface area contributed by atoms with Crippen LogP contribution in [0.5, 0.6) is 5.75 Å². The van der Waals surface area contributed by atoms with E-state index in [0.717, 1.165) is 31.0 Å². The standard InChI is InChI=1S/C13H16OS/c1-3-5-10-14-12-6-8-13(9-7-12)15-11-4-2/h2,6-9H,3,5,10-11H2,1H3. The maximum atomic E-state index is 5.56. The minimum Gasteiger partial charge on any atom is -0.494 e. The fourth-order valence-electron chi connectivity index (χ4n) is 1.09. The Morgan fingerprint density at radius 2 is 2.07 bits per heavy atom. The van der Waals surface area contributed by atoms with Gasteiger partial charge >= 0.3 is 0 Å². The average Bonchev–Trinajstić information content (AvgIpc) is 2.28. The van der Waals surface area contributed by atoms with Crippen LogP contribution in [0.1, 0.15) is 19.8 Å². The van der Waals surface area contributed by atoms with Gasteiger partial charge in [-0.05, 0) is 30.7 Å². The minimum absolute atomic E-state index is 0.718. The first-order valence-electron chi connectivity index (χ1n) is 5.16. The zero-order valence-electron chi connectivity index (χ0n) is 9.03. The predicted molar refractivity (Wildman–Crippen MR) is 66.4 cm³/mol. The molecule has 80 valence electrons. The average molecular weight is 220 g/mol. The number of hydrogen-bond acceptors (Lipinski definition) is 2. The summed E-state index contributed by atoms with van der Waals surface area (Å²) in [7, 11) is 0. The summed E-state index contributed by atoms with van der Waals surface area (Å²) in [4.78, 5) is 1.19. The highest BCUT2D eigenvalue weighted by Gasteiger charge is 1.95. The van der Waals surface area contributed by atoms with Gasteiger partial charge in [0.2, 0.25) is 0 Å². The molecule has 0 saturated carbocycles. The summed E-state index contributed by atoms with van der Waals surface area (Å²) in [6, 6.07) is 8.08. The van der Waals surface area contributed by atoms with E-state index in [9.17, 15) is 0 Å². The second-order valence-electron chi connectivity index (χ2n) is 3.17. The molecule has 1 aromatic rings. The molecule has 0 spiro atoms. The second-order valence-corrected chi connectivity index (χ2v) is 4.21. The van der Waals surface area contributed by atoms with Crippen LogP contribution in [0, 0.1) is 12.3 Å². The molecule has 1 rings (SSSR count). The Morgan fingerprint density at radius 1 is 1.33 bits per heavy atom. The van der Waals surface area contributed by atoms with Gasteiger partial charge in [-0.25, -0.2) is 0 Å². The van der Waals surface area contributed by atoms with Gasteiger partial charge in [-0.15, -0.1) is 18.2 Å². The Bertz CT molecular complexity index is 310. The van der Waals surface area contributed by atoms with Crippen LogP contribution in [-0.2, 0) is 0 Å². The van der Waals surface area contributed by atoms with Crippen LogP contribution in [0.15, 0.2) is 29.2 Å². The summed E-state index contributed by atoms with van der Waals surface area (Å²) in [5.74, 6) is 4.26. The third-order valence-electron chi connectivity index (χ3n) is 1.91. The molecule has 0 bridgehead atoms. The predicted octanol–water partition coefficient (Wildman–Crippen LogP) is 3.59. The lowest BCUT2D eigenvalue weighted by atomic mass is 10.3. The van der Waals surface area contributed by atoms with Crippen molar-refractivity contribution in [1.29, 1.82) is 0 Å².